The van der Waals surface area contributed by atoms with E-state index in [9.17, 15) is 18.3 Å². The van der Waals surface area contributed by atoms with Crippen LogP contribution < -0.4 is 4.74 Å². The van der Waals surface area contributed by atoms with E-state index in [1.54, 1.807) is 25.1 Å². The van der Waals surface area contributed by atoms with E-state index in [0.29, 0.717) is 60.3 Å². The van der Waals surface area contributed by atoms with E-state index >= 15 is 0 Å². The average Bonchev–Trinajstić information content (AvgIpc) is 2.79. The van der Waals surface area contributed by atoms with Crippen molar-refractivity contribution in [2.75, 3.05) is 39.3 Å². The van der Waals surface area contributed by atoms with Crippen molar-refractivity contribution in [2.24, 2.45) is 0 Å². The molecule has 7 nitrogen and oxygen atoms in total. The normalized spacial score (nSPS) is 16.5. The maximum Gasteiger partial charge on any atom is 0.244 e. The van der Waals surface area contributed by atoms with Gasteiger partial charge in [-0.3, -0.25) is 4.90 Å². The van der Waals surface area contributed by atoms with Crippen molar-refractivity contribution in [1.82, 2.24) is 9.21 Å². The molecule has 0 saturated carbocycles. The zero-order chi connectivity index (χ0) is 24.0. The minimum Gasteiger partial charge on any atom is -0.491 e. The van der Waals surface area contributed by atoms with Gasteiger partial charge in [0.25, 0.3) is 0 Å². The van der Waals surface area contributed by atoms with Crippen LogP contribution >= 0.6 is 31.9 Å². The molecule has 2 aromatic carbocycles. The Kier molecular flexibility index (Phi) is 9.49. The van der Waals surface area contributed by atoms with Crippen molar-refractivity contribution in [2.45, 2.75) is 30.8 Å². The van der Waals surface area contributed by atoms with Crippen LogP contribution in [0.5, 0.6) is 5.75 Å². The molecule has 1 unspecified atom stereocenters. The fraction of sp³-hybridized carbons (Fsp3) is 0.435. The number of hydrogen-bond acceptors (Lipinski definition) is 6. The Bertz CT molecular complexity index is 1060. The first-order valence-corrected chi connectivity index (χ1v) is 13.7. The van der Waals surface area contributed by atoms with E-state index in [-0.39, 0.29) is 17.3 Å². The van der Waals surface area contributed by atoms with Gasteiger partial charge in [0, 0.05) is 48.1 Å². The zero-order valence-corrected chi connectivity index (χ0v) is 22.4. The molecule has 1 aliphatic heterocycles. The number of sulfonamides is 1. The van der Waals surface area contributed by atoms with E-state index in [0.717, 1.165) is 5.56 Å². The summed E-state index contributed by atoms with van der Waals surface area (Å²) in [4.78, 5) is 13.4. The quantitative estimate of drug-likeness (QED) is 0.447. The molecule has 1 atom stereocenters. The summed E-state index contributed by atoms with van der Waals surface area (Å²) < 4.78 is 34.4. The van der Waals surface area contributed by atoms with Gasteiger partial charge in [-0.2, -0.15) is 4.31 Å². The Balaban J connectivity index is 1.45. The Morgan fingerprint density at radius 1 is 1.09 bits per heavy atom. The molecule has 0 amide bonds. The number of piperazine rings is 1. The van der Waals surface area contributed by atoms with Gasteiger partial charge in [-0.15, -0.1) is 0 Å². The minimum atomic E-state index is -3.60. The molecule has 0 aliphatic carbocycles. The van der Waals surface area contributed by atoms with Gasteiger partial charge >= 0.3 is 0 Å². The van der Waals surface area contributed by atoms with Crippen LogP contribution in [0.15, 0.2) is 56.3 Å². The van der Waals surface area contributed by atoms with E-state index in [1.807, 2.05) is 29.2 Å². The smallest absolute Gasteiger partial charge is 0.244 e. The van der Waals surface area contributed by atoms with Crippen LogP contribution in [-0.2, 0) is 21.2 Å². The monoisotopic (exact) mass is 602 g/mol. The maximum absolute atomic E-state index is 13.0. The summed E-state index contributed by atoms with van der Waals surface area (Å²) in [6.45, 7) is 3.92. The van der Waals surface area contributed by atoms with Gasteiger partial charge in [-0.05, 0) is 65.2 Å². The third kappa shape index (κ3) is 7.60. The number of nitrogens with zero attached hydrogens (tertiary/aromatic N) is 2. The molecule has 1 heterocycles. The Morgan fingerprint density at radius 3 is 2.39 bits per heavy atom. The Hall–Kier alpha value is -1.30. The van der Waals surface area contributed by atoms with Crippen molar-refractivity contribution in [3.63, 3.8) is 0 Å². The number of rotatable bonds is 10. The number of aliphatic hydroxyl groups excluding tert-OH is 1. The molecule has 33 heavy (non-hydrogen) atoms. The van der Waals surface area contributed by atoms with Gasteiger partial charge in [0.2, 0.25) is 10.0 Å². The molecular formula is C23H28Br2N2O5S. The van der Waals surface area contributed by atoms with E-state index < -0.39 is 16.1 Å². The lowest BCUT2D eigenvalue weighted by molar-refractivity contribution is -0.116. The first-order chi connectivity index (χ1) is 15.6. The summed E-state index contributed by atoms with van der Waals surface area (Å²) in [5.74, 6) is 0.828. The molecule has 2 aromatic rings. The lowest BCUT2D eigenvalue weighted by atomic mass is 10.1. The number of carbonyl (C=O) groups excluding carboxylic acids is 1. The van der Waals surface area contributed by atoms with Gasteiger partial charge in [-0.25, -0.2) is 8.42 Å². The third-order valence-electron chi connectivity index (χ3n) is 5.44. The molecule has 1 saturated heterocycles. The van der Waals surface area contributed by atoms with Crippen molar-refractivity contribution < 1.29 is 23.1 Å². The van der Waals surface area contributed by atoms with Crippen LogP contribution in [0.25, 0.3) is 0 Å². The first kappa shape index (κ1) is 26.3. The van der Waals surface area contributed by atoms with Crippen LogP contribution in [0, 0.1) is 0 Å². The number of β-amino-alcohol motifs (C(OH)–C–C–N with tert-alkyl or cyclic N) is 1. The first-order valence-electron chi connectivity index (χ1n) is 10.7. The van der Waals surface area contributed by atoms with Crippen LogP contribution in [0.2, 0.25) is 0 Å². The molecule has 0 radical (unpaired) electrons. The van der Waals surface area contributed by atoms with E-state index in [1.165, 1.54) is 4.31 Å². The van der Waals surface area contributed by atoms with Crippen LogP contribution in [0.3, 0.4) is 0 Å². The highest BCUT2D eigenvalue weighted by molar-refractivity contribution is 9.11. The van der Waals surface area contributed by atoms with Gasteiger partial charge in [0.15, 0.2) is 0 Å². The number of aliphatic hydroxyl groups is 1. The third-order valence-corrected chi connectivity index (χ3v) is 8.83. The minimum absolute atomic E-state index is 0.149. The van der Waals surface area contributed by atoms with E-state index in [4.69, 9.17) is 4.74 Å². The highest BCUT2D eigenvalue weighted by atomic mass is 79.9. The van der Waals surface area contributed by atoms with E-state index in [2.05, 4.69) is 31.9 Å². The summed E-state index contributed by atoms with van der Waals surface area (Å²) in [6, 6.07) is 12.6. The van der Waals surface area contributed by atoms with Gasteiger partial charge in [0.1, 0.15) is 24.2 Å². The number of benzene rings is 2. The highest BCUT2D eigenvalue weighted by Crippen LogP contribution is 2.28. The largest absolute Gasteiger partial charge is 0.491 e. The molecule has 1 aliphatic rings. The maximum atomic E-state index is 13.0. The van der Waals surface area contributed by atoms with Crippen molar-refractivity contribution in [3.05, 3.63) is 57.0 Å². The second-order valence-corrected chi connectivity index (χ2v) is 11.8. The average molecular weight is 604 g/mol. The number of hydrogen-bond donors (Lipinski definition) is 1. The summed E-state index contributed by atoms with van der Waals surface area (Å²) in [5.41, 5.74) is 1.07. The Morgan fingerprint density at radius 2 is 1.76 bits per heavy atom. The second kappa shape index (κ2) is 11.9. The molecule has 10 heteroatoms. The number of ether oxygens (including phenoxy) is 1. The molecule has 0 spiro atoms. The predicted octanol–water partition coefficient (Wildman–Crippen LogP) is 3.48. The summed E-state index contributed by atoms with van der Waals surface area (Å²) >= 11 is 6.67. The fourth-order valence-corrected chi connectivity index (χ4v) is 6.47. The molecule has 3 rings (SSSR count). The van der Waals surface area contributed by atoms with Crippen molar-refractivity contribution in [3.8, 4) is 5.75 Å². The fourth-order valence-electron chi connectivity index (χ4n) is 3.58. The highest BCUT2D eigenvalue weighted by Gasteiger charge is 2.30. The molecule has 180 valence electrons. The van der Waals surface area contributed by atoms with Gasteiger partial charge in [-0.1, -0.05) is 28.1 Å². The van der Waals surface area contributed by atoms with Gasteiger partial charge in [0.05, 0.1) is 4.90 Å². The topological polar surface area (TPSA) is 87.2 Å². The second-order valence-electron chi connectivity index (χ2n) is 8.09. The molecule has 0 aromatic heterocycles. The summed E-state index contributed by atoms with van der Waals surface area (Å²) in [7, 11) is -3.60. The number of halogens is 2. The Labute approximate surface area is 212 Å². The predicted molar refractivity (Wildman–Crippen MR) is 134 cm³/mol. The van der Waals surface area contributed by atoms with Crippen molar-refractivity contribution in [1.29, 1.82) is 0 Å². The van der Waals surface area contributed by atoms with Gasteiger partial charge < -0.3 is 14.6 Å². The summed E-state index contributed by atoms with van der Waals surface area (Å²) in [5, 5.41) is 10.4. The molecule has 0 bridgehead atoms. The molecular weight excluding hydrogens is 576 g/mol. The number of Topliss-reactive ketones (excluding diaryl/α,β-unsaturated/α-hetero) is 1. The number of aryl methyl sites for hydroxylation is 1. The van der Waals surface area contributed by atoms with Crippen LogP contribution in [-0.4, -0.2) is 73.9 Å². The summed E-state index contributed by atoms with van der Waals surface area (Å²) in [6.07, 6.45) is 0.538. The lowest BCUT2D eigenvalue weighted by Gasteiger charge is -2.35. The molecule has 1 N–H and O–H groups in total. The number of carbonyl (C=O) groups is 1. The lowest BCUT2D eigenvalue weighted by Crippen LogP contribution is -2.50. The zero-order valence-electron chi connectivity index (χ0n) is 18.4. The SMILES string of the molecule is CC(=O)CCc1ccc(OCC(O)CN2CCN(S(=O)(=O)c3cc(Br)ccc3Br)CC2)cc1. The van der Waals surface area contributed by atoms with Crippen LogP contribution in [0.1, 0.15) is 18.9 Å². The van der Waals surface area contributed by atoms with Crippen LogP contribution in [0.4, 0.5) is 0 Å². The molecule has 1 fully saturated rings. The standard InChI is InChI=1S/C23H28Br2N2O5S/c1-17(28)2-3-18-4-7-21(8-5-18)32-16-20(29)15-26-10-12-27(13-11-26)33(30,31)23-14-19(24)6-9-22(23)25/h4-9,14,20,29H,2-3,10-13,15-16H2,1H3. The van der Waals surface area contributed by atoms with Crippen molar-refractivity contribution >= 4 is 47.7 Å². The number of ketones is 1.